The molecule has 1 aliphatic heterocycles. The van der Waals surface area contributed by atoms with Crippen LogP contribution in [-0.4, -0.2) is 7.11 Å². The first-order valence-electron chi connectivity index (χ1n) is 15.2. The van der Waals surface area contributed by atoms with Crippen LogP contribution in [0.5, 0.6) is 11.5 Å². The van der Waals surface area contributed by atoms with E-state index in [1.165, 1.54) is 24.3 Å². The van der Waals surface area contributed by atoms with Crippen LogP contribution in [0.4, 0.5) is 13.2 Å². The maximum atomic E-state index is 14.9. The third-order valence-corrected chi connectivity index (χ3v) is 9.57. The second kappa shape index (κ2) is 10.1. The van der Waals surface area contributed by atoms with E-state index in [-0.39, 0.29) is 5.82 Å². The molecule has 0 bridgehead atoms. The van der Waals surface area contributed by atoms with Crippen LogP contribution in [-0.2, 0) is 11.0 Å². The van der Waals surface area contributed by atoms with Crippen molar-refractivity contribution in [1.82, 2.24) is 0 Å². The highest BCUT2D eigenvalue weighted by Gasteiger charge is 2.44. The molecule has 8 rings (SSSR count). The summed E-state index contributed by atoms with van der Waals surface area (Å²) in [6, 6.07) is 32.1. The van der Waals surface area contributed by atoms with Gasteiger partial charge in [-0.3, -0.25) is 0 Å². The molecule has 6 aromatic rings. The molecule has 6 aromatic carbocycles. The van der Waals surface area contributed by atoms with Crippen LogP contribution in [0.1, 0.15) is 41.7 Å². The van der Waals surface area contributed by atoms with E-state index in [4.69, 9.17) is 9.47 Å². The molecule has 0 N–H and O–H groups in total. The Labute approximate surface area is 265 Å². The molecular weight excluding hydrogens is 581 g/mol. The molecular formula is C41H29F3O2. The average Bonchev–Trinajstić information content (AvgIpc) is 3.31. The lowest BCUT2D eigenvalue weighted by molar-refractivity contribution is 0.163. The topological polar surface area (TPSA) is 18.5 Å². The Hall–Kier alpha value is -5.29. The highest BCUT2D eigenvalue weighted by atomic mass is 19.1. The zero-order valence-corrected chi connectivity index (χ0v) is 25.5. The van der Waals surface area contributed by atoms with Crippen molar-refractivity contribution in [3.8, 4) is 33.8 Å². The van der Waals surface area contributed by atoms with Crippen LogP contribution < -0.4 is 9.47 Å². The first-order chi connectivity index (χ1) is 22.2. The Morgan fingerprint density at radius 2 is 1.33 bits per heavy atom. The van der Waals surface area contributed by atoms with Crippen molar-refractivity contribution >= 4 is 16.8 Å². The van der Waals surface area contributed by atoms with Gasteiger partial charge in [0.2, 0.25) is 0 Å². The van der Waals surface area contributed by atoms with Gasteiger partial charge < -0.3 is 9.47 Å². The van der Waals surface area contributed by atoms with Gasteiger partial charge in [0.25, 0.3) is 0 Å². The summed E-state index contributed by atoms with van der Waals surface area (Å²) in [6.45, 7) is 4.35. The normalized spacial score (nSPS) is 17.3. The molecule has 0 fully saturated rings. The number of benzene rings is 6. The first-order valence-corrected chi connectivity index (χ1v) is 15.2. The fourth-order valence-electron chi connectivity index (χ4n) is 7.34. The van der Waals surface area contributed by atoms with E-state index in [0.29, 0.717) is 11.1 Å². The number of methoxy groups -OCH3 is 1. The van der Waals surface area contributed by atoms with Gasteiger partial charge in [-0.2, -0.15) is 0 Å². The first kappa shape index (κ1) is 28.2. The summed E-state index contributed by atoms with van der Waals surface area (Å²) < 4.78 is 55.4. The van der Waals surface area contributed by atoms with E-state index in [0.717, 1.165) is 67.3 Å². The number of halogens is 3. The lowest BCUT2D eigenvalue weighted by Crippen LogP contribution is -2.35. The van der Waals surface area contributed by atoms with Gasteiger partial charge >= 0.3 is 0 Å². The van der Waals surface area contributed by atoms with Gasteiger partial charge in [0.15, 0.2) is 5.60 Å². The summed E-state index contributed by atoms with van der Waals surface area (Å²) >= 11 is 0. The number of rotatable bonds is 4. The molecule has 226 valence electrons. The van der Waals surface area contributed by atoms with Crippen LogP contribution in [0, 0.1) is 17.5 Å². The smallest absolute Gasteiger partial charge is 0.178 e. The van der Waals surface area contributed by atoms with Gasteiger partial charge in [-0.1, -0.05) is 80.6 Å². The van der Waals surface area contributed by atoms with Crippen molar-refractivity contribution in [3.63, 3.8) is 0 Å². The average molecular weight is 611 g/mol. The Balaban J connectivity index is 1.37. The summed E-state index contributed by atoms with van der Waals surface area (Å²) in [6.07, 6.45) is 4.18. The summed E-state index contributed by atoms with van der Waals surface area (Å²) in [7, 11) is 1.63. The van der Waals surface area contributed by atoms with E-state index in [2.05, 4.69) is 38.1 Å². The third-order valence-electron chi connectivity index (χ3n) is 9.57. The Morgan fingerprint density at radius 1 is 0.674 bits per heavy atom. The Bertz CT molecular complexity index is 2220. The predicted octanol–water partition coefficient (Wildman–Crippen LogP) is 10.6. The monoisotopic (exact) mass is 610 g/mol. The minimum absolute atomic E-state index is 0.323. The number of ether oxygens (including phenoxy) is 2. The SMILES string of the molecule is COc1ccc(C2(c3ccc(F)cc3)C=Cc3c4c(c5ccccc5c3O2)-c2ccc(-c3ccc(F)cc3F)cc2C4(C)C)cc1. The van der Waals surface area contributed by atoms with Gasteiger partial charge in [-0.25, -0.2) is 13.2 Å². The summed E-state index contributed by atoms with van der Waals surface area (Å²) in [5, 5.41) is 2.00. The summed E-state index contributed by atoms with van der Waals surface area (Å²) in [5.74, 6) is -0.0606. The van der Waals surface area contributed by atoms with E-state index in [1.54, 1.807) is 19.2 Å². The fourth-order valence-corrected chi connectivity index (χ4v) is 7.34. The standard InChI is InChI=1S/C41H29F3O2/c1-40(2)35-22-24(30-19-15-28(43)23-36(30)44)8-18-33(35)37-31-6-4-5-7-32(31)39-34(38(37)40)20-21-41(46-39,25-9-13-27(42)14-10-25)26-11-16-29(45-3)17-12-26/h4-23H,1-3H3. The van der Waals surface area contributed by atoms with Crippen LogP contribution in [0.25, 0.3) is 39.1 Å². The minimum atomic E-state index is -1.03. The van der Waals surface area contributed by atoms with Crippen molar-refractivity contribution in [1.29, 1.82) is 0 Å². The lowest BCUT2D eigenvalue weighted by atomic mass is 9.76. The van der Waals surface area contributed by atoms with Crippen molar-refractivity contribution in [2.45, 2.75) is 24.9 Å². The van der Waals surface area contributed by atoms with Crippen molar-refractivity contribution in [2.75, 3.05) is 7.11 Å². The molecule has 1 aliphatic carbocycles. The van der Waals surface area contributed by atoms with E-state index in [1.807, 2.05) is 54.6 Å². The van der Waals surface area contributed by atoms with Crippen molar-refractivity contribution in [2.24, 2.45) is 0 Å². The molecule has 0 spiro atoms. The van der Waals surface area contributed by atoms with E-state index in [9.17, 15) is 13.2 Å². The van der Waals surface area contributed by atoms with Gasteiger partial charge in [0.1, 0.15) is 29.0 Å². The van der Waals surface area contributed by atoms with Gasteiger partial charge in [0.05, 0.1) is 7.11 Å². The molecule has 0 saturated heterocycles. The van der Waals surface area contributed by atoms with E-state index >= 15 is 0 Å². The number of fused-ring (bicyclic) bond motifs is 8. The molecule has 0 radical (unpaired) electrons. The van der Waals surface area contributed by atoms with Crippen LogP contribution in [0.3, 0.4) is 0 Å². The second-order valence-electron chi connectivity index (χ2n) is 12.5. The maximum Gasteiger partial charge on any atom is 0.178 e. The number of hydrogen-bond acceptors (Lipinski definition) is 2. The van der Waals surface area contributed by atoms with Crippen LogP contribution >= 0.6 is 0 Å². The zero-order valence-electron chi connectivity index (χ0n) is 25.5. The molecule has 0 saturated carbocycles. The predicted molar refractivity (Wildman–Crippen MR) is 177 cm³/mol. The minimum Gasteiger partial charge on any atom is -0.497 e. The molecule has 2 aliphatic rings. The van der Waals surface area contributed by atoms with Crippen molar-refractivity contribution < 1.29 is 22.6 Å². The molecule has 46 heavy (non-hydrogen) atoms. The summed E-state index contributed by atoms with van der Waals surface area (Å²) in [4.78, 5) is 0. The molecule has 0 aromatic heterocycles. The molecule has 1 unspecified atom stereocenters. The lowest BCUT2D eigenvalue weighted by Gasteiger charge is -2.38. The Kier molecular flexibility index (Phi) is 6.20. The van der Waals surface area contributed by atoms with Crippen molar-refractivity contribution in [3.05, 3.63) is 161 Å². The van der Waals surface area contributed by atoms with Gasteiger partial charge in [-0.15, -0.1) is 0 Å². The zero-order chi connectivity index (χ0) is 31.8. The highest BCUT2D eigenvalue weighted by molar-refractivity contribution is 6.08. The molecule has 1 atom stereocenters. The maximum absolute atomic E-state index is 14.9. The number of hydrogen-bond donors (Lipinski definition) is 0. The van der Waals surface area contributed by atoms with Crippen LogP contribution in [0.2, 0.25) is 0 Å². The summed E-state index contributed by atoms with van der Waals surface area (Å²) in [5.41, 5.74) is 6.53. The highest BCUT2D eigenvalue weighted by Crippen LogP contribution is 2.58. The molecule has 1 heterocycles. The Morgan fingerprint density at radius 3 is 2.02 bits per heavy atom. The van der Waals surface area contributed by atoms with E-state index < -0.39 is 22.7 Å². The van der Waals surface area contributed by atoms with Gasteiger partial charge in [0, 0.05) is 39.1 Å². The van der Waals surface area contributed by atoms with Gasteiger partial charge in [-0.05, 0) is 81.7 Å². The largest absolute Gasteiger partial charge is 0.497 e. The quantitative estimate of drug-likeness (QED) is 0.198. The molecule has 2 nitrogen and oxygen atoms in total. The van der Waals surface area contributed by atoms with Crippen LogP contribution in [0.15, 0.2) is 115 Å². The molecule has 0 amide bonds. The third kappa shape index (κ3) is 4.04. The molecule has 5 heteroatoms. The second-order valence-corrected chi connectivity index (χ2v) is 12.5. The fraction of sp³-hybridized carbons (Fsp3) is 0.122.